The molecule has 0 bridgehead atoms. The molecule has 6 nitrogen and oxygen atoms in total. The predicted octanol–water partition coefficient (Wildman–Crippen LogP) is 0.924. The molecule has 2 heterocycles. The van der Waals surface area contributed by atoms with Crippen LogP contribution in [0, 0.1) is 0 Å². The molecule has 1 saturated heterocycles. The average Bonchev–Trinajstić information content (AvgIpc) is 2.46. The Morgan fingerprint density at radius 1 is 1.30 bits per heavy atom. The Morgan fingerprint density at radius 3 is 2.50 bits per heavy atom. The quantitative estimate of drug-likeness (QED) is 0.621. The van der Waals surface area contributed by atoms with Crippen LogP contribution in [0.1, 0.15) is 31.1 Å². The summed E-state index contributed by atoms with van der Waals surface area (Å²) in [6.45, 7) is 9.92. The topological polar surface area (TPSA) is 74.5 Å². The Hall–Kier alpha value is -1.66. The molecule has 0 saturated carbocycles. The van der Waals surface area contributed by atoms with Crippen LogP contribution >= 0.6 is 0 Å². The van der Waals surface area contributed by atoms with Crippen LogP contribution in [0.4, 0.5) is 5.82 Å². The van der Waals surface area contributed by atoms with Gasteiger partial charge in [0, 0.05) is 43.5 Å². The minimum Gasteiger partial charge on any atom is -0.336 e. The van der Waals surface area contributed by atoms with Gasteiger partial charge in [-0.25, -0.2) is 10.8 Å². The van der Waals surface area contributed by atoms with E-state index in [1.54, 1.807) is 18.3 Å². The van der Waals surface area contributed by atoms with Crippen molar-refractivity contribution in [2.45, 2.75) is 26.3 Å². The molecule has 0 aromatic carbocycles. The van der Waals surface area contributed by atoms with Crippen molar-refractivity contribution < 1.29 is 4.79 Å². The second-order valence-corrected chi connectivity index (χ2v) is 6.02. The van der Waals surface area contributed by atoms with Gasteiger partial charge in [0.2, 0.25) is 0 Å². The average molecular weight is 277 g/mol. The number of amides is 1. The van der Waals surface area contributed by atoms with Crippen molar-refractivity contribution >= 4 is 11.7 Å². The van der Waals surface area contributed by atoms with Gasteiger partial charge in [-0.3, -0.25) is 9.69 Å². The fraction of sp³-hybridized carbons (Fsp3) is 0.571. The fourth-order valence-electron chi connectivity index (χ4n) is 2.41. The number of aromatic nitrogens is 1. The number of nitrogen functional groups attached to an aromatic ring is 1. The lowest BCUT2D eigenvalue weighted by Crippen LogP contribution is -2.54. The van der Waals surface area contributed by atoms with Gasteiger partial charge in [0.05, 0.1) is 0 Å². The van der Waals surface area contributed by atoms with Gasteiger partial charge in [-0.05, 0) is 32.9 Å². The van der Waals surface area contributed by atoms with Crippen molar-refractivity contribution in [3.63, 3.8) is 0 Å². The van der Waals surface area contributed by atoms with Crippen molar-refractivity contribution in [2.24, 2.45) is 5.84 Å². The van der Waals surface area contributed by atoms with E-state index in [0.717, 1.165) is 26.2 Å². The first-order valence-electron chi connectivity index (χ1n) is 6.89. The maximum atomic E-state index is 12.4. The number of carbonyl (C=O) groups excluding carboxylic acids is 1. The van der Waals surface area contributed by atoms with Crippen LogP contribution in [0.25, 0.3) is 0 Å². The third-order valence-corrected chi connectivity index (χ3v) is 3.67. The Kier molecular flexibility index (Phi) is 4.25. The number of hydrazine groups is 1. The molecule has 1 aliphatic rings. The van der Waals surface area contributed by atoms with Gasteiger partial charge in [-0.15, -0.1) is 0 Å². The highest BCUT2D eigenvalue weighted by atomic mass is 16.2. The second kappa shape index (κ2) is 5.76. The van der Waals surface area contributed by atoms with E-state index >= 15 is 0 Å². The molecule has 0 aliphatic carbocycles. The van der Waals surface area contributed by atoms with Crippen molar-refractivity contribution in [1.82, 2.24) is 14.8 Å². The first-order chi connectivity index (χ1) is 9.41. The SMILES string of the molecule is CC(C)(C)N1CCN(C(=O)c2ccnc(NN)c2)CC1. The Bertz CT molecular complexity index is 475. The number of anilines is 1. The number of piperazine rings is 1. The lowest BCUT2D eigenvalue weighted by atomic mass is 10.0. The maximum absolute atomic E-state index is 12.4. The molecule has 110 valence electrons. The molecule has 6 heteroatoms. The molecule has 1 amide bonds. The minimum atomic E-state index is 0.0393. The van der Waals surface area contributed by atoms with Crippen LogP contribution in [-0.4, -0.2) is 52.4 Å². The van der Waals surface area contributed by atoms with Gasteiger partial charge in [-0.1, -0.05) is 0 Å². The summed E-state index contributed by atoms with van der Waals surface area (Å²) in [5.41, 5.74) is 3.24. The largest absolute Gasteiger partial charge is 0.336 e. The van der Waals surface area contributed by atoms with Crippen molar-refractivity contribution in [1.29, 1.82) is 0 Å². The zero-order valence-electron chi connectivity index (χ0n) is 12.4. The van der Waals surface area contributed by atoms with E-state index in [1.807, 2.05) is 4.90 Å². The molecular weight excluding hydrogens is 254 g/mol. The van der Waals surface area contributed by atoms with E-state index in [-0.39, 0.29) is 11.4 Å². The van der Waals surface area contributed by atoms with E-state index < -0.39 is 0 Å². The summed E-state index contributed by atoms with van der Waals surface area (Å²) in [6.07, 6.45) is 1.59. The van der Waals surface area contributed by atoms with Crippen LogP contribution in [0.5, 0.6) is 0 Å². The number of rotatable bonds is 2. The Morgan fingerprint density at radius 2 is 1.95 bits per heavy atom. The number of hydrogen-bond donors (Lipinski definition) is 2. The first-order valence-corrected chi connectivity index (χ1v) is 6.89. The lowest BCUT2D eigenvalue weighted by molar-refractivity contribution is 0.0451. The molecule has 0 radical (unpaired) electrons. The molecule has 3 N–H and O–H groups in total. The minimum absolute atomic E-state index is 0.0393. The van der Waals surface area contributed by atoms with E-state index in [2.05, 4.69) is 36.1 Å². The van der Waals surface area contributed by atoms with Gasteiger partial charge in [0.15, 0.2) is 0 Å². The Balaban J connectivity index is 2.01. The molecular formula is C14H23N5O. The predicted molar refractivity (Wildman–Crippen MR) is 79.3 cm³/mol. The highest BCUT2D eigenvalue weighted by molar-refractivity contribution is 5.94. The maximum Gasteiger partial charge on any atom is 0.254 e. The summed E-state index contributed by atoms with van der Waals surface area (Å²) < 4.78 is 0. The normalized spacial score (nSPS) is 17.1. The highest BCUT2D eigenvalue weighted by Crippen LogP contribution is 2.17. The zero-order chi connectivity index (χ0) is 14.8. The molecule has 1 fully saturated rings. The Labute approximate surface area is 119 Å². The highest BCUT2D eigenvalue weighted by Gasteiger charge is 2.28. The van der Waals surface area contributed by atoms with Gasteiger partial charge >= 0.3 is 0 Å². The molecule has 2 rings (SSSR count). The first kappa shape index (κ1) is 14.7. The second-order valence-electron chi connectivity index (χ2n) is 6.02. The van der Waals surface area contributed by atoms with Crippen molar-refractivity contribution in [3.05, 3.63) is 23.9 Å². The summed E-state index contributed by atoms with van der Waals surface area (Å²) in [7, 11) is 0. The van der Waals surface area contributed by atoms with E-state index in [1.165, 1.54) is 0 Å². The van der Waals surface area contributed by atoms with E-state index in [4.69, 9.17) is 5.84 Å². The van der Waals surface area contributed by atoms with E-state index in [0.29, 0.717) is 11.4 Å². The lowest BCUT2D eigenvalue weighted by Gasteiger charge is -2.42. The van der Waals surface area contributed by atoms with Crippen LogP contribution < -0.4 is 11.3 Å². The van der Waals surface area contributed by atoms with Crippen molar-refractivity contribution in [3.8, 4) is 0 Å². The number of nitrogens with one attached hydrogen (secondary N) is 1. The van der Waals surface area contributed by atoms with Crippen LogP contribution in [0.15, 0.2) is 18.3 Å². The van der Waals surface area contributed by atoms with Crippen LogP contribution in [0.2, 0.25) is 0 Å². The molecule has 1 aromatic rings. The zero-order valence-corrected chi connectivity index (χ0v) is 12.4. The number of nitrogens with two attached hydrogens (primary N) is 1. The summed E-state index contributed by atoms with van der Waals surface area (Å²) in [4.78, 5) is 20.7. The molecule has 0 unspecified atom stereocenters. The summed E-state index contributed by atoms with van der Waals surface area (Å²) in [5.74, 6) is 5.86. The molecule has 1 aliphatic heterocycles. The number of hydrogen-bond acceptors (Lipinski definition) is 5. The standard InChI is InChI=1S/C14H23N5O/c1-14(2,3)19-8-6-18(7-9-19)13(20)11-4-5-16-12(10-11)17-15/h4-5,10H,6-9,15H2,1-3H3,(H,16,17). The molecule has 1 aromatic heterocycles. The van der Waals surface area contributed by atoms with Crippen molar-refractivity contribution in [2.75, 3.05) is 31.6 Å². The summed E-state index contributed by atoms with van der Waals surface area (Å²) in [6, 6.07) is 3.40. The van der Waals surface area contributed by atoms with E-state index in [9.17, 15) is 4.79 Å². The monoisotopic (exact) mass is 277 g/mol. The third kappa shape index (κ3) is 3.26. The summed E-state index contributed by atoms with van der Waals surface area (Å²) >= 11 is 0. The van der Waals surface area contributed by atoms with Gasteiger partial charge < -0.3 is 10.3 Å². The number of carbonyl (C=O) groups is 1. The van der Waals surface area contributed by atoms with Gasteiger partial charge in [0.1, 0.15) is 5.82 Å². The third-order valence-electron chi connectivity index (χ3n) is 3.67. The van der Waals surface area contributed by atoms with Crippen LogP contribution in [-0.2, 0) is 0 Å². The number of nitrogens with zero attached hydrogens (tertiary/aromatic N) is 3. The summed E-state index contributed by atoms with van der Waals surface area (Å²) in [5, 5.41) is 0. The molecule has 0 spiro atoms. The molecule has 20 heavy (non-hydrogen) atoms. The molecule has 0 atom stereocenters. The smallest absolute Gasteiger partial charge is 0.254 e. The number of pyridine rings is 1. The van der Waals surface area contributed by atoms with Crippen LogP contribution in [0.3, 0.4) is 0 Å². The fourth-order valence-corrected chi connectivity index (χ4v) is 2.41. The van der Waals surface area contributed by atoms with Gasteiger partial charge in [0.25, 0.3) is 5.91 Å². The van der Waals surface area contributed by atoms with Gasteiger partial charge in [-0.2, -0.15) is 0 Å².